The molecule has 0 bridgehead atoms. The van der Waals surface area contributed by atoms with Gasteiger partial charge < -0.3 is 10.6 Å². The lowest BCUT2D eigenvalue weighted by Crippen LogP contribution is -2.31. The molecule has 3 nitrogen and oxygen atoms in total. The van der Waals surface area contributed by atoms with Crippen LogP contribution in [-0.2, 0) is 13.0 Å². The average Bonchev–Trinajstić information content (AvgIpc) is 2.67. The van der Waals surface area contributed by atoms with Crippen LogP contribution in [0.1, 0.15) is 34.0 Å². The lowest BCUT2D eigenvalue weighted by atomic mass is 9.98. The summed E-state index contributed by atoms with van der Waals surface area (Å²) in [6.07, 6.45) is 1.07. The van der Waals surface area contributed by atoms with Gasteiger partial charge in [0.25, 0.3) is 0 Å². The molecule has 25 heavy (non-hydrogen) atoms. The van der Waals surface area contributed by atoms with Gasteiger partial charge in [0.1, 0.15) is 5.82 Å². The summed E-state index contributed by atoms with van der Waals surface area (Å²) in [6.45, 7) is 3.99. The highest BCUT2D eigenvalue weighted by Gasteiger charge is 2.19. The predicted octanol–water partition coefficient (Wildman–Crippen LogP) is 4.00. The van der Waals surface area contributed by atoms with Crippen molar-refractivity contribution < 1.29 is 0 Å². The van der Waals surface area contributed by atoms with Gasteiger partial charge in [-0.1, -0.05) is 60.7 Å². The van der Waals surface area contributed by atoms with E-state index in [2.05, 4.69) is 60.4 Å². The second kappa shape index (κ2) is 6.69. The van der Waals surface area contributed by atoms with Crippen molar-refractivity contribution in [2.75, 3.05) is 11.4 Å². The molecule has 1 aliphatic rings. The molecule has 3 heteroatoms. The minimum atomic E-state index is -0.134. The molecule has 2 heterocycles. The van der Waals surface area contributed by atoms with Crippen LogP contribution in [0.15, 0.2) is 66.7 Å². The van der Waals surface area contributed by atoms with Gasteiger partial charge in [0, 0.05) is 18.8 Å². The average molecular weight is 329 g/mol. The van der Waals surface area contributed by atoms with E-state index >= 15 is 0 Å². The molecule has 2 aromatic carbocycles. The standard InChI is InChI=1S/C22H23N3/c1-16-20(22(23)18-8-3-2-4-9-18)11-12-21(24-16)25-14-13-17-7-5-6-10-19(17)15-25/h2-12,22H,13-15,23H2,1H3/t22-/m1/s1. The lowest BCUT2D eigenvalue weighted by Gasteiger charge is -2.30. The van der Waals surface area contributed by atoms with Gasteiger partial charge in [0.05, 0.1) is 6.04 Å². The van der Waals surface area contributed by atoms with E-state index in [0.717, 1.165) is 42.1 Å². The molecule has 3 aromatic rings. The fourth-order valence-corrected chi connectivity index (χ4v) is 3.59. The van der Waals surface area contributed by atoms with Crippen molar-refractivity contribution in [1.82, 2.24) is 4.98 Å². The Morgan fingerprint density at radius 1 is 0.920 bits per heavy atom. The zero-order valence-corrected chi connectivity index (χ0v) is 14.5. The van der Waals surface area contributed by atoms with Crippen LogP contribution in [0.5, 0.6) is 0 Å². The molecule has 2 N–H and O–H groups in total. The maximum atomic E-state index is 6.46. The molecule has 0 unspecified atom stereocenters. The van der Waals surface area contributed by atoms with Crippen molar-refractivity contribution in [3.63, 3.8) is 0 Å². The normalized spacial score (nSPS) is 14.9. The van der Waals surface area contributed by atoms with Gasteiger partial charge in [-0.15, -0.1) is 0 Å². The third kappa shape index (κ3) is 3.15. The minimum Gasteiger partial charge on any atom is -0.352 e. The monoisotopic (exact) mass is 329 g/mol. The number of aromatic nitrogens is 1. The second-order valence-electron chi connectivity index (χ2n) is 6.67. The highest BCUT2D eigenvalue weighted by atomic mass is 15.2. The number of fused-ring (bicyclic) bond motifs is 1. The van der Waals surface area contributed by atoms with E-state index in [9.17, 15) is 0 Å². The van der Waals surface area contributed by atoms with Crippen molar-refractivity contribution in [3.05, 3.63) is 94.7 Å². The number of rotatable bonds is 3. The van der Waals surface area contributed by atoms with E-state index in [1.54, 1.807) is 0 Å². The fraction of sp³-hybridized carbons (Fsp3) is 0.227. The maximum Gasteiger partial charge on any atom is 0.129 e. The van der Waals surface area contributed by atoms with E-state index in [0.29, 0.717) is 0 Å². The van der Waals surface area contributed by atoms with Crippen LogP contribution >= 0.6 is 0 Å². The van der Waals surface area contributed by atoms with Gasteiger partial charge >= 0.3 is 0 Å². The largest absolute Gasteiger partial charge is 0.352 e. The van der Waals surface area contributed by atoms with Gasteiger partial charge in [-0.2, -0.15) is 0 Å². The Balaban J connectivity index is 1.58. The lowest BCUT2D eigenvalue weighted by molar-refractivity contribution is 0.717. The van der Waals surface area contributed by atoms with E-state index in [4.69, 9.17) is 10.7 Å². The first-order valence-corrected chi connectivity index (χ1v) is 8.82. The van der Waals surface area contributed by atoms with Crippen LogP contribution in [0, 0.1) is 6.92 Å². The van der Waals surface area contributed by atoms with Gasteiger partial charge in [0.2, 0.25) is 0 Å². The Labute approximate surface area is 149 Å². The van der Waals surface area contributed by atoms with Crippen molar-refractivity contribution in [2.45, 2.75) is 25.9 Å². The van der Waals surface area contributed by atoms with Gasteiger partial charge in [-0.3, -0.25) is 0 Å². The number of benzene rings is 2. The summed E-state index contributed by atoms with van der Waals surface area (Å²) in [5.41, 5.74) is 12.5. The van der Waals surface area contributed by atoms with Gasteiger partial charge in [-0.25, -0.2) is 4.98 Å². The molecule has 1 aromatic heterocycles. The van der Waals surface area contributed by atoms with E-state index in [1.165, 1.54) is 11.1 Å². The Kier molecular flexibility index (Phi) is 4.24. The fourth-order valence-electron chi connectivity index (χ4n) is 3.59. The van der Waals surface area contributed by atoms with Crippen LogP contribution in [0.25, 0.3) is 0 Å². The summed E-state index contributed by atoms with van der Waals surface area (Å²) >= 11 is 0. The van der Waals surface area contributed by atoms with E-state index < -0.39 is 0 Å². The van der Waals surface area contributed by atoms with Crippen molar-refractivity contribution in [2.24, 2.45) is 5.73 Å². The zero-order chi connectivity index (χ0) is 17.2. The van der Waals surface area contributed by atoms with Crippen LogP contribution in [0.4, 0.5) is 5.82 Å². The third-order valence-corrected chi connectivity index (χ3v) is 5.06. The Morgan fingerprint density at radius 3 is 2.40 bits per heavy atom. The summed E-state index contributed by atoms with van der Waals surface area (Å²) in [6, 6.07) is 23.0. The SMILES string of the molecule is Cc1nc(N2CCc3ccccc3C2)ccc1[C@H](N)c1ccccc1. The molecule has 4 rings (SSSR count). The topological polar surface area (TPSA) is 42.2 Å². The molecule has 0 saturated heterocycles. The van der Waals surface area contributed by atoms with Crippen LogP contribution in [0.2, 0.25) is 0 Å². The summed E-state index contributed by atoms with van der Waals surface area (Å²) in [7, 11) is 0. The summed E-state index contributed by atoms with van der Waals surface area (Å²) in [5.74, 6) is 1.04. The molecule has 0 aliphatic carbocycles. The minimum absolute atomic E-state index is 0.134. The number of hydrogen-bond donors (Lipinski definition) is 1. The molecule has 1 aliphatic heterocycles. The highest BCUT2D eigenvalue weighted by molar-refractivity contribution is 5.47. The van der Waals surface area contributed by atoms with Crippen LogP contribution in [0.3, 0.4) is 0 Å². The first kappa shape index (κ1) is 15.9. The van der Waals surface area contributed by atoms with Crippen LogP contribution in [-0.4, -0.2) is 11.5 Å². The number of hydrogen-bond acceptors (Lipinski definition) is 3. The van der Waals surface area contributed by atoms with Crippen molar-refractivity contribution >= 4 is 5.82 Å². The Morgan fingerprint density at radius 2 is 1.64 bits per heavy atom. The molecule has 0 amide bonds. The first-order chi connectivity index (χ1) is 12.2. The predicted molar refractivity (Wildman–Crippen MR) is 103 cm³/mol. The van der Waals surface area contributed by atoms with E-state index in [-0.39, 0.29) is 6.04 Å². The maximum absolute atomic E-state index is 6.46. The number of nitrogens with two attached hydrogens (primary N) is 1. The second-order valence-corrected chi connectivity index (χ2v) is 6.67. The molecule has 126 valence electrons. The van der Waals surface area contributed by atoms with E-state index in [1.807, 2.05) is 18.2 Å². The van der Waals surface area contributed by atoms with Gasteiger partial charge in [0.15, 0.2) is 0 Å². The Bertz CT molecular complexity index is 873. The molecule has 0 fully saturated rings. The number of anilines is 1. The summed E-state index contributed by atoms with van der Waals surface area (Å²) < 4.78 is 0. The molecular weight excluding hydrogens is 306 g/mol. The number of pyridine rings is 1. The molecule has 1 atom stereocenters. The highest BCUT2D eigenvalue weighted by Crippen LogP contribution is 2.27. The molecular formula is C22H23N3. The van der Waals surface area contributed by atoms with Crippen LogP contribution < -0.4 is 10.6 Å². The zero-order valence-electron chi connectivity index (χ0n) is 14.5. The van der Waals surface area contributed by atoms with Crippen molar-refractivity contribution in [1.29, 1.82) is 0 Å². The number of aryl methyl sites for hydroxylation is 1. The summed E-state index contributed by atoms with van der Waals surface area (Å²) in [5, 5.41) is 0. The quantitative estimate of drug-likeness (QED) is 0.790. The van der Waals surface area contributed by atoms with Crippen molar-refractivity contribution in [3.8, 4) is 0 Å². The third-order valence-electron chi connectivity index (χ3n) is 5.06. The first-order valence-electron chi connectivity index (χ1n) is 8.82. The number of nitrogens with zero attached hydrogens (tertiary/aromatic N) is 2. The molecule has 0 saturated carbocycles. The molecule has 0 radical (unpaired) electrons. The van der Waals surface area contributed by atoms with Gasteiger partial charge in [-0.05, 0) is 41.7 Å². The Hall–Kier alpha value is -2.65. The summed E-state index contributed by atoms with van der Waals surface area (Å²) in [4.78, 5) is 7.22. The smallest absolute Gasteiger partial charge is 0.129 e. The molecule has 0 spiro atoms.